The number of fused-ring (bicyclic) bond motifs is 1. The summed E-state index contributed by atoms with van der Waals surface area (Å²) in [6, 6.07) is 6.53. The Kier molecular flexibility index (Phi) is 3.70. The van der Waals surface area contributed by atoms with Crippen LogP contribution in [0, 0.1) is 0 Å². The molecule has 0 bridgehead atoms. The minimum atomic E-state index is 0.315. The van der Waals surface area contributed by atoms with Crippen LogP contribution in [0.25, 0.3) is 0 Å². The molecule has 0 spiro atoms. The third-order valence-electron chi connectivity index (χ3n) is 3.06. The van der Waals surface area contributed by atoms with Gasteiger partial charge in [0.2, 0.25) is 0 Å². The van der Waals surface area contributed by atoms with Crippen LogP contribution in [0.1, 0.15) is 38.7 Å². The van der Waals surface area contributed by atoms with Gasteiger partial charge in [-0.3, -0.25) is 0 Å². The lowest BCUT2D eigenvalue weighted by Gasteiger charge is -2.12. The lowest BCUT2D eigenvalue weighted by molar-refractivity contribution is 0.222. The Balaban J connectivity index is 2.14. The van der Waals surface area contributed by atoms with Crippen LogP contribution in [0.2, 0.25) is 0 Å². The molecule has 2 rings (SSSR count). The van der Waals surface area contributed by atoms with E-state index in [9.17, 15) is 0 Å². The molecule has 1 heterocycles. The average molecular weight is 219 g/mol. The topological polar surface area (TPSA) is 21.3 Å². The van der Waals surface area contributed by atoms with Crippen molar-refractivity contribution in [2.75, 3.05) is 11.9 Å². The molecule has 0 fully saturated rings. The molecular formula is C14H21NO. The van der Waals surface area contributed by atoms with Gasteiger partial charge in [0.05, 0.1) is 11.8 Å². The van der Waals surface area contributed by atoms with Gasteiger partial charge in [-0.05, 0) is 37.5 Å². The summed E-state index contributed by atoms with van der Waals surface area (Å²) in [4.78, 5) is 0. The number of aryl methyl sites for hydroxylation is 1. The Labute approximate surface area is 98.0 Å². The van der Waals surface area contributed by atoms with Crippen LogP contribution >= 0.6 is 0 Å². The van der Waals surface area contributed by atoms with Gasteiger partial charge in [-0.1, -0.05) is 19.4 Å². The van der Waals surface area contributed by atoms with Gasteiger partial charge in [0.1, 0.15) is 5.75 Å². The smallest absolute Gasteiger partial charge is 0.142 e. The van der Waals surface area contributed by atoms with Gasteiger partial charge < -0.3 is 10.1 Å². The summed E-state index contributed by atoms with van der Waals surface area (Å²) >= 11 is 0. The first-order chi connectivity index (χ1) is 7.79. The van der Waals surface area contributed by atoms with Crippen molar-refractivity contribution in [2.45, 2.75) is 45.6 Å². The minimum Gasteiger partial charge on any atom is -0.488 e. The molecule has 1 unspecified atom stereocenters. The number of ether oxygens (including phenoxy) is 1. The zero-order valence-electron chi connectivity index (χ0n) is 10.3. The van der Waals surface area contributed by atoms with E-state index < -0.39 is 0 Å². The molecule has 1 aliphatic rings. The third-order valence-corrected chi connectivity index (χ3v) is 3.06. The minimum absolute atomic E-state index is 0.315. The number of hydrogen-bond donors (Lipinski definition) is 1. The second-order valence-electron chi connectivity index (χ2n) is 4.58. The second-order valence-corrected chi connectivity index (χ2v) is 4.58. The highest BCUT2D eigenvalue weighted by atomic mass is 16.5. The van der Waals surface area contributed by atoms with E-state index in [4.69, 9.17) is 4.74 Å². The Bertz CT molecular complexity index is 349. The van der Waals surface area contributed by atoms with Crippen molar-refractivity contribution in [3.63, 3.8) is 0 Å². The highest BCUT2D eigenvalue weighted by molar-refractivity contribution is 5.58. The predicted octanol–water partition coefficient (Wildman–Crippen LogP) is 3.61. The Morgan fingerprint density at radius 3 is 3.12 bits per heavy atom. The van der Waals surface area contributed by atoms with E-state index in [1.807, 2.05) is 0 Å². The quantitative estimate of drug-likeness (QED) is 0.838. The summed E-state index contributed by atoms with van der Waals surface area (Å²) in [7, 11) is 0. The molecule has 0 radical (unpaired) electrons. The van der Waals surface area contributed by atoms with Gasteiger partial charge >= 0.3 is 0 Å². The molecule has 16 heavy (non-hydrogen) atoms. The molecule has 0 aromatic heterocycles. The van der Waals surface area contributed by atoms with Crippen LogP contribution in [0.3, 0.4) is 0 Å². The van der Waals surface area contributed by atoms with Gasteiger partial charge in [0.25, 0.3) is 0 Å². The molecule has 88 valence electrons. The highest BCUT2D eigenvalue weighted by Gasteiger charge is 2.13. The van der Waals surface area contributed by atoms with E-state index in [0.717, 1.165) is 24.4 Å². The largest absolute Gasteiger partial charge is 0.488 e. The van der Waals surface area contributed by atoms with Crippen molar-refractivity contribution in [1.82, 2.24) is 0 Å². The molecule has 1 aromatic rings. The van der Waals surface area contributed by atoms with Gasteiger partial charge in [0.15, 0.2) is 0 Å². The first-order valence-corrected chi connectivity index (χ1v) is 6.33. The van der Waals surface area contributed by atoms with E-state index in [2.05, 4.69) is 37.4 Å². The number of rotatable bonds is 3. The van der Waals surface area contributed by atoms with Crippen LogP contribution in [0.4, 0.5) is 5.69 Å². The summed E-state index contributed by atoms with van der Waals surface area (Å²) in [5.74, 6) is 1.00. The number of benzene rings is 1. The van der Waals surface area contributed by atoms with E-state index in [0.29, 0.717) is 6.10 Å². The first kappa shape index (κ1) is 11.3. The standard InChI is InChI=1S/C14H21NO/c1-3-4-5-12-6-7-14-13(10-12)15-9-8-11(2)16-14/h6-7,10-11,15H,3-5,8-9H2,1-2H3. The van der Waals surface area contributed by atoms with Crippen molar-refractivity contribution in [3.05, 3.63) is 23.8 Å². The van der Waals surface area contributed by atoms with Crippen LogP contribution in [-0.2, 0) is 6.42 Å². The molecule has 1 aromatic carbocycles. The van der Waals surface area contributed by atoms with Crippen LogP contribution < -0.4 is 10.1 Å². The maximum atomic E-state index is 5.85. The molecular weight excluding hydrogens is 198 g/mol. The Hall–Kier alpha value is -1.18. The predicted molar refractivity (Wildman–Crippen MR) is 68.3 cm³/mol. The van der Waals surface area contributed by atoms with Crippen molar-refractivity contribution in [3.8, 4) is 5.75 Å². The highest BCUT2D eigenvalue weighted by Crippen LogP contribution is 2.29. The molecule has 2 heteroatoms. The molecule has 0 saturated heterocycles. The molecule has 1 N–H and O–H groups in total. The summed E-state index contributed by atoms with van der Waals surface area (Å²) in [6.45, 7) is 5.36. The monoisotopic (exact) mass is 219 g/mol. The molecule has 1 aliphatic heterocycles. The maximum absolute atomic E-state index is 5.85. The van der Waals surface area contributed by atoms with E-state index in [1.54, 1.807) is 0 Å². The fourth-order valence-corrected chi connectivity index (χ4v) is 2.04. The molecule has 2 nitrogen and oxygen atoms in total. The number of unbranched alkanes of at least 4 members (excludes halogenated alkanes) is 1. The number of nitrogens with one attached hydrogen (secondary N) is 1. The first-order valence-electron chi connectivity index (χ1n) is 6.33. The molecule has 0 saturated carbocycles. The normalized spacial score (nSPS) is 19.2. The zero-order valence-corrected chi connectivity index (χ0v) is 10.3. The molecule has 0 amide bonds. The number of hydrogen-bond acceptors (Lipinski definition) is 2. The van der Waals surface area contributed by atoms with Gasteiger partial charge in [-0.2, -0.15) is 0 Å². The lowest BCUT2D eigenvalue weighted by atomic mass is 10.1. The van der Waals surface area contributed by atoms with E-state index in [1.165, 1.54) is 24.8 Å². The average Bonchev–Trinajstić information content (AvgIpc) is 2.46. The van der Waals surface area contributed by atoms with Crippen molar-refractivity contribution in [1.29, 1.82) is 0 Å². The summed E-state index contributed by atoms with van der Waals surface area (Å²) in [5.41, 5.74) is 2.57. The number of anilines is 1. The molecule has 1 atom stereocenters. The van der Waals surface area contributed by atoms with Crippen LogP contribution in [0.5, 0.6) is 5.75 Å². The summed E-state index contributed by atoms with van der Waals surface area (Å²) in [6.07, 6.45) is 5.06. The maximum Gasteiger partial charge on any atom is 0.142 e. The fourth-order valence-electron chi connectivity index (χ4n) is 2.04. The lowest BCUT2D eigenvalue weighted by Crippen LogP contribution is -2.11. The van der Waals surface area contributed by atoms with Crippen LogP contribution in [-0.4, -0.2) is 12.6 Å². The fraction of sp³-hybridized carbons (Fsp3) is 0.571. The Morgan fingerprint density at radius 2 is 2.31 bits per heavy atom. The van der Waals surface area contributed by atoms with Crippen molar-refractivity contribution < 1.29 is 4.74 Å². The van der Waals surface area contributed by atoms with E-state index in [-0.39, 0.29) is 0 Å². The van der Waals surface area contributed by atoms with Gasteiger partial charge in [-0.25, -0.2) is 0 Å². The second kappa shape index (κ2) is 5.24. The van der Waals surface area contributed by atoms with Crippen molar-refractivity contribution in [2.24, 2.45) is 0 Å². The van der Waals surface area contributed by atoms with Crippen LogP contribution in [0.15, 0.2) is 18.2 Å². The SMILES string of the molecule is CCCCc1ccc2c(c1)NCCC(C)O2. The van der Waals surface area contributed by atoms with E-state index >= 15 is 0 Å². The summed E-state index contributed by atoms with van der Waals surface area (Å²) in [5, 5.41) is 3.45. The molecule has 0 aliphatic carbocycles. The third kappa shape index (κ3) is 2.69. The summed E-state index contributed by atoms with van der Waals surface area (Å²) < 4.78 is 5.85. The zero-order chi connectivity index (χ0) is 11.4. The van der Waals surface area contributed by atoms with Gasteiger partial charge in [-0.15, -0.1) is 0 Å². The Morgan fingerprint density at radius 1 is 1.44 bits per heavy atom. The van der Waals surface area contributed by atoms with Crippen molar-refractivity contribution >= 4 is 5.69 Å². The van der Waals surface area contributed by atoms with Gasteiger partial charge in [0, 0.05) is 13.0 Å².